The lowest BCUT2D eigenvalue weighted by Crippen LogP contribution is -2.12. The molecule has 3 nitrogen and oxygen atoms in total. The second-order valence-corrected chi connectivity index (χ2v) is 5.80. The van der Waals surface area contributed by atoms with Crippen molar-refractivity contribution in [2.75, 3.05) is 5.32 Å². The lowest BCUT2D eigenvalue weighted by Gasteiger charge is -2.10. The van der Waals surface area contributed by atoms with Gasteiger partial charge in [0.15, 0.2) is 0 Å². The summed E-state index contributed by atoms with van der Waals surface area (Å²) >= 11 is 8.24. The fourth-order valence-electron chi connectivity index (χ4n) is 1.69. The zero-order valence-corrected chi connectivity index (χ0v) is 13.2. The molecular formula is C14H11ClFIN2O. The molecule has 3 N–H and O–H groups in total. The number of nitrogens with two attached hydrogens (primary N) is 1. The van der Waals surface area contributed by atoms with E-state index in [2.05, 4.69) is 27.9 Å². The summed E-state index contributed by atoms with van der Waals surface area (Å²) in [6.45, 7) is 0.216. The molecule has 0 heterocycles. The highest BCUT2D eigenvalue weighted by Crippen LogP contribution is 2.24. The van der Waals surface area contributed by atoms with Gasteiger partial charge in [0, 0.05) is 21.2 Å². The van der Waals surface area contributed by atoms with E-state index in [1.165, 1.54) is 18.2 Å². The van der Waals surface area contributed by atoms with Crippen LogP contribution in [0, 0.1) is 9.39 Å². The quantitative estimate of drug-likeness (QED) is 0.762. The van der Waals surface area contributed by atoms with E-state index in [4.69, 9.17) is 17.3 Å². The van der Waals surface area contributed by atoms with Gasteiger partial charge in [-0.1, -0.05) is 11.6 Å². The first-order valence-corrected chi connectivity index (χ1v) is 7.20. The summed E-state index contributed by atoms with van der Waals surface area (Å²) in [5.41, 5.74) is 6.51. The zero-order chi connectivity index (χ0) is 14.7. The molecule has 0 bridgehead atoms. The number of amides is 1. The third-order valence-corrected chi connectivity index (χ3v) is 3.71. The van der Waals surface area contributed by atoms with Crippen LogP contribution in [0.3, 0.4) is 0 Å². The van der Waals surface area contributed by atoms with Crippen molar-refractivity contribution in [3.8, 4) is 0 Å². The molecule has 2 aromatic carbocycles. The van der Waals surface area contributed by atoms with Gasteiger partial charge >= 0.3 is 0 Å². The van der Waals surface area contributed by atoms with Gasteiger partial charge in [-0.05, 0) is 59.0 Å². The standard InChI is InChI=1S/C14H11ClFIN2O/c15-11-6-10(17)2-4-13(11)19-7-9-5-8(14(18)20)1-3-12(9)16/h1-6,19H,7H2,(H2,18,20). The zero-order valence-electron chi connectivity index (χ0n) is 10.3. The fourth-order valence-corrected chi connectivity index (χ4v) is 2.61. The van der Waals surface area contributed by atoms with Gasteiger partial charge in [-0.2, -0.15) is 0 Å². The van der Waals surface area contributed by atoms with Gasteiger partial charge in [-0.25, -0.2) is 4.39 Å². The van der Waals surface area contributed by atoms with Crippen LogP contribution in [0.15, 0.2) is 36.4 Å². The van der Waals surface area contributed by atoms with Crippen molar-refractivity contribution >= 4 is 45.8 Å². The average Bonchev–Trinajstić information content (AvgIpc) is 2.39. The molecule has 1 amide bonds. The van der Waals surface area contributed by atoms with Crippen molar-refractivity contribution in [3.05, 3.63) is 61.9 Å². The molecule has 20 heavy (non-hydrogen) atoms. The molecule has 0 aliphatic rings. The number of hydrogen-bond acceptors (Lipinski definition) is 2. The van der Waals surface area contributed by atoms with Crippen LogP contribution < -0.4 is 11.1 Å². The third-order valence-electron chi connectivity index (χ3n) is 2.73. The van der Waals surface area contributed by atoms with E-state index in [0.717, 1.165) is 3.57 Å². The Labute approximate surface area is 134 Å². The van der Waals surface area contributed by atoms with Gasteiger partial charge < -0.3 is 11.1 Å². The Hall–Kier alpha value is -1.34. The maximum Gasteiger partial charge on any atom is 0.248 e. The molecular weight excluding hydrogens is 394 g/mol. The maximum atomic E-state index is 13.7. The van der Waals surface area contributed by atoms with E-state index in [0.29, 0.717) is 16.3 Å². The normalized spacial score (nSPS) is 10.3. The molecule has 0 fully saturated rings. The smallest absolute Gasteiger partial charge is 0.248 e. The lowest BCUT2D eigenvalue weighted by molar-refractivity contribution is 0.1000. The summed E-state index contributed by atoms with van der Waals surface area (Å²) in [5.74, 6) is -0.984. The number of carbonyl (C=O) groups is 1. The Morgan fingerprint density at radius 3 is 2.70 bits per heavy atom. The van der Waals surface area contributed by atoms with Crippen LogP contribution in [0.1, 0.15) is 15.9 Å². The predicted molar refractivity (Wildman–Crippen MR) is 86.4 cm³/mol. The first-order valence-electron chi connectivity index (χ1n) is 5.74. The van der Waals surface area contributed by atoms with Gasteiger partial charge in [0.25, 0.3) is 0 Å². The Morgan fingerprint density at radius 1 is 1.30 bits per heavy atom. The fraction of sp³-hybridized carbons (Fsp3) is 0.0714. The number of nitrogens with one attached hydrogen (secondary N) is 1. The van der Waals surface area contributed by atoms with Gasteiger partial charge in [-0.15, -0.1) is 0 Å². The Kier molecular flexibility index (Phi) is 4.82. The summed E-state index contributed by atoms with van der Waals surface area (Å²) in [5, 5.41) is 3.59. The van der Waals surface area contributed by atoms with Crippen LogP contribution in [-0.4, -0.2) is 5.91 Å². The van der Waals surface area contributed by atoms with Crippen molar-refractivity contribution in [1.82, 2.24) is 0 Å². The molecule has 0 atom stereocenters. The molecule has 0 radical (unpaired) electrons. The number of halogens is 3. The Morgan fingerprint density at radius 2 is 2.05 bits per heavy atom. The summed E-state index contributed by atoms with van der Waals surface area (Å²) in [4.78, 5) is 11.1. The van der Waals surface area contributed by atoms with E-state index in [1.54, 1.807) is 6.07 Å². The minimum atomic E-state index is -0.585. The molecule has 0 aliphatic carbocycles. The molecule has 0 spiro atoms. The highest BCUT2D eigenvalue weighted by atomic mass is 127. The molecule has 2 aromatic rings. The average molecular weight is 405 g/mol. The molecule has 0 saturated carbocycles. The molecule has 2 rings (SSSR count). The van der Waals surface area contributed by atoms with Crippen LogP contribution >= 0.6 is 34.2 Å². The number of hydrogen-bond donors (Lipinski definition) is 2. The van der Waals surface area contributed by atoms with E-state index >= 15 is 0 Å². The van der Waals surface area contributed by atoms with E-state index < -0.39 is 11.7 Å². The number of rotatable bonds is 4. The molecule has 0 saturated heterocycles. The van der Waals surface area contributed by atoms with Gasteiger partial charge in [0.05, 0.1) is 10.7 Å². The molecule has 0 aromatic heterocycles. The van der Waals surface area contributed by atoms with Gasteiger partial charge in [0.2, 0.25) is 5.91 Å². The first kappa shape index (κ1) is 15.1. The summed E-state index contributed by atoms with van der Waals surface area (Å²) in [7, 11) is 0. The third kappa shape index (κ3) is 3.61. The van der Waals surface area contributed by atoms with Crippen LogP contribution in [0.5, 0.6) is 0 Å². The van der Waals surface area contributed by atoms with Crippen LogP contribution in [0.25, 0.3) is 0 Å². The minimum absolute atomic E-state index is 0.216. The second-order valence-electron chi connectivity index (χ2n) is 4.15. The monoisotopic (exact) mass is 404 g/mol. The van der Waals surface area contributed by atoms with E-state index in [1.807, 2.05) is 12.1 Å². The topological polar surface area (TPSA) is 55.1 Å². The highest BCUT2D eigenvalue weighted by Gasteiger charge is 2.08. The molecule has 0 unspecified atom stereocenters. The number of primary amides is 1. The summed E-state index contributed by atoms with van der Waals surface area (Å²) < 4.78 is 14.7. The van der Waals surface area contributed by atoms with Crippen molar-refractivity contribution in [2.45, 2.75) is 6.54 Å². The summed E-state index contributed by atoms with van der Waals surface area (Å²) in [6.07, 6.45) is 0. The summed E-state index contributed by atoms with van der Waals surface area (Å²) in [6, 6.07) is 9.54. The first-order chi connectivity index (χ1) is 9.47. The maximum absolute atomic E-state index is 13.7. The van der Waals surface area contributed by atoms with E-state index in [9.17, 15) is 9.18 Å². The van der Waals surface area contributed by atoms with Crippen LogP contribution in [0.2, 0.25) is 5.02 Å². The van der Waals surface area contributed by atoms with Crippen molar-refractivity contribution < 1.29 is 9.18 Å². The number of anilines is 1. The van der Waals surface area contributed by atoms with E-state index in [-0.39, 0.29) is 12.1 Å². The van der Waals surface area contributed by atoms with Crippen molar-refractivity contribution in [3.63, 3.8) is 0 Å². The number of benzene rings is 2. The van der Waals surface area contributed by atoms with Crippen LogP contribution in [0.4, 0.5) is 10.1 Å². The Bertz CT molecular complexity index is 664. The largest absolute Gasteiger partial charge is 0.380 e. The van der Waals surface area contributed by atoms with Gasteiger partial charge in [0.1, 0.15) is 5.82 Å². The van der Waals surface area contributed by atoms with Gasteiger partial charge in [-0.3, -0.25) is 4.79 Å². The SMILES string of the molecule is NC(=O)c1ccc(F)c(CNc2ccc(I)cc2Cl)c1. The van der Waals surface area contributed by atoms with Crippen molar-refractivity contribution in [2.24, 2.45) is 5.73 Å². The number of carbonyl (C=O) groups excluding carboxylic acids is 1. The lowest BCUT2D eigenvalue weighted by atomic mass is 10.1. The van der Waals surface area contributed by atoms with Crippen molar-refractivity contribution in [1.29, 1.82) is 0 Å². The molecule has 0 aliphatic heterocycles. The molecule has 6 heteroatoms. The molecule has 104 valence electrons. The Balaban J connectivity index is 2.18. The highest BCUT2D eigenvalue weighted by molar-refractivity contribution is 14.1. The minimum Gasteiger partial charge on any atom is -0.380 e. The van der Waals surface area contributed by atoms with Crippen LogP contribution in [-0.2, 0) is 6.54 Å². The predicted octanol–water partition coefficient (Wildman–Crippen LogP) is 3.79. The second kappa shape index (κ2) is 6.41.